The molecule has 0 unspecified atom stereocenters. The number of carbonyl (C=O) groups is 1. The third-order valence-electron chi connectivity index (χ3n) is 5.61. The molecule has 3 aromatic carbocycles. The highest BCUT2D eigenvalue weighted by atomic mass is 79.9. The summed E-state index contributed by atoms with van der Waals surface area (Å²) in [5.41, 5.74) is 0.356. The van der Waals surface area contributed by atoms with Crippen LogP contribution < -0.4 is 10.3 Å². The van der Waals surface area contributed by atoms with Crippen LogP contribution in [0.5, 0.6) is 5.75 Å². The number of aromatic nitrogens is 2. The van der Waals surface area contributed by atoms with E-state index in [2.05, 4.69) is 26.0 Å². The minimum absolute atomic E-state index is 0.141. The quantitative estimate of drug-likeness (QED) is 0.157. The average Bonchev–Trinajstić information content (AvgIpc) is 3.33. The molecule has 1 atom stereocenters. The molecule has 38 heavy (non-hydrogen) atoms. The second kappa shape index (κ2) is 9.90. The number of fused-ring (bicyclic) bond motifs is 2. The maximum absolute atomic E-state index is 13.4. The van der Waals surface area contributed by atoms with Gasteiger partial charge in [-0.2, -0.15) is 9.78 Å². The van der Waals surface area contributed by atoms with Gasteiger partial charge in [-0.3, -0.25) is 14.9 Å². The van der Waals surface area contributed by atoms with Gasteiger partial charge in [0, 0.05) is 17.0 Å². The van der Waals surface area contributed by atoms with E-state index in [1.807, 2.05) is 18.2 Å². The number of carboxylic acid groups (broad SMARTS) is 1. The molecule has 0 aliphatic rings. The first kappa shape index (κ1) is 24.8. The topological polar surface area (TPSA) is 150 Å². The third-order valence-corrected chi connectivity index (χ3v) is 6.20. The largest absolute Gasteiger partial charge is 0.479 e. The number of nitrogens with zero attached hydrogens (tertiary/aromatic N) is 4. The monoisotopic (exact) mass is 576 g/mol. The summed E-state index contributed by atoms with van der Waals surface area (Å²) >= 11 is 3.21. The maximum Gasteiger partial charge on any atom is 0.344 e. The minimum atomic E-state index is -1.32. The van der Waals surface area contributed by atoms with Crippen LogP contribution in [0.3, 0.4) is 0 Å². The van der Waals surface area contributed by atoms with E-state index in [9.17, 15) is 19.7 Å². The van der Waals surface area contributed by atoms with E-state index in [4.69, 9.17) is 14.3 Å². The number of halogens is 1. The summed E-state index contributed by atoms with van der Waals surface area (Å²) in [6.07, 6.45) is -0.0650. The van der Waals surface area contributed by atoms with E-state index < -0.39 is 28.2 Å². The fourth-order valence-electron chi connectivity index (χ4n) is 3.76. The first-order chi connectivity index (χ1) is 18.2. The van der Waals surface area contributed by atoms with Crippen LogP contribution in [-0.2, 0) is 4.79 Å². The molecule has 1 N–H and O–H groups in total. The van der Waals surface area contributed by atoms with Gasteiger partial charge >= 0.3 is 11.7 Å². The molecule has 2 heterocycles. The van der Waals surface area contributed by atoms with Gasteiger partial charge in [0.05, 0.1) is 26.5 Å². The molecule has 2 aromatic heterocycles. The lowest BCUT2D eigenvalue weighted by Gasteiger charge is -2.12. The van der Waals surface area contributed by atoms with Crippen LogP contribution in [0, 0.1) is 10.1 Å². The molecule has 12 heteroatoms. The van der Waals surface area contributed by atoms with Crippen LogP contribution in [-0.4, -0.2) is 38.0 Å². The Morgan fingerprint density at radius 1 is 1.21 bits per heavy atom. The molecule has 0 bridgehead atoms. The van der Waals surface area contributed by atoms with Crippen molar-refractivity contribution in [2.24, 2.45) is 5.10 Å². The van der Waals surface area contributed by atoms with Crippen LogP contribution in [0.25, 0.3) is 33.5 Å². The predicted octanol–water partition coefficient (Wildman–Crippen LogP) is 5.21. The number of carboxylic acids is 1. The van der Waals surface area contributed by atoms with Crippen molar-refractivity contribution in [2.75, 3.05) is 0 Å². The zero-order valence-corrected chi connectivity index (χ0v) is 21.2. The second-order valence-electron chi connectivity index (χ2n) is 8.17. The Hall–Kier alpha value is -4.84. The molecular weight excluding hydrogens is 560 g/mol. The number of para-hydroxylation sites is 2. The van der Waals surface area contributed by atoms with E-state index in [0.29, 0.717) is 22.2 Å². The van der Waals surface area contributed by atoms with Gasteiger partial charge in [-0.15, -0.1) is 0 Å². The molecule has 0 spiro atoms. The van der Waals surface area contributed by atoms with Crippen molar-refractivity contribution < 1.29 is 24.0 Å². The Balaban J connectivity index is 1.65. The summed E-state index contributed by atoms with van der Waals surface area (Å²) in [5, 5.41) is 26.3. The Morgan fingerprint density at radius 3 is 2.68 bits per heavy atom. The van der Waals surface area contributed by atoms with Crippen LogP contribution >= 0.6 is 15.9 Å². The molecule has 11 nitrogen and oxygen atoms in total. The van der Waals surface area contributed by atoms with E-state index in [0.717, 1.165) is 10.1 Å². The zero-order chi connectivity index (χ0) is 27.0. The number of rotatable bonds is 7. The third kappa shape index (κ3) is 4.64. The first-order valence-electron chi connectivity index (χ1n) is 11.2. The van der Waals surface area contributed by atoms with Crippen molar-refractivity contribution in [3.63, 3.8) is 0 Å². The highest BCUT2D eigenvalue weighted by molar-refractivity contribution is 9.10. The molecule has 0 amide bonds. The Kier molecular flexibility index (Phi) is 6.47. The summed E-state index contributed by atoms with van der Waals surface area (Å²) in [4.78, 5) is 40.2. The molecule has 0 saturated heterocycles. The standard InChI is InChI=1S/C26H17BrN4O7/c1-14(26(33)34)37-23-18(27)10-15(11-20(23)31(35)36)13-28-30-24(22-12-16-6-2-5-9-21(16)38-22)29-19-8-4-3-7-17(19)25(30)32/h2-14H,1H3,(H,33,34)/t14-/m1/s1. The van der Waals surface area contributed by atoms with Crippen molar-refractivity contribution in [3.05, 3.63) is 97.2 Å². The molecule has 0 radical (unpaired) electrons. The van der Waals surface area contributed by atoms with Gasteiger partial charge in [-0.25, -0.2) is 9.78 Å². The van der Waals surface area contributed by atoms with Crippen molar-refractivity contribution in [1.82, 2.24) is 9.66 Å². The summed E-state index contributed by atoms with van der Waals surface area (Å²) < 4.78 is 12.4. The van der Waals surface area contributed by atoms with Gasteiger partial charge in [0.1, 0.15) is 5.58 Å². The van der Waals surface area contributed by atoms with Crippen molar-refractivity contribution in [3.8, 4) is 17.3 Å². The first-order valence-corrected chi connectivity index (χ1v) is 11.9. The smallest absolute Gasteiger partial charge is 0.344 e. The van der Waals surface area contributed by atoms with E-state index >= 15 is 0 Å². The maximum atomic E-state index is 13.4. The van der Waals surface area contributed by atoms with Crippen molar-refractivity contribution in [2.45, 2.75) is 13.0 Å². The van der Waals surface area contributed by atoms with Crippen LogP contribution in [0.1, 0.15) is 12.5 Å². The fraction of sp³-hybridized carbons (Fsp3) is 0.0769. The van der Waals surface area contributed by atoms with Gasteiger partial charge in [-0.1, -0.05) is 30.3 Å². The normalized spacial score (nSPS) is 12.3. The molecule has 0 fully saturated rings. The Labute approximate surface area is 221 Å². The van der Waals surface area contributed by atoms with E-state index in [1.165, 1.54) is 25.3 Å². The number of benzene rings is 3. The van der Waals surface area contributed by atoms with Crippen LogP contribution in [0.15, 0.2) is 85.5 Å². The highest BCUT2D eigenvalue weighted by Gasteiger charge is 2.24. The Morgan fingerprint density at radius 2 is 1.95 bits per heavy atom. The van der Waals surface area contributed by atoms with Crippen molar-refractivity contribution >= 4 is 55.7 Å². The number of nitro benzene ring substituents is 1. The van der Waals surface area contributed by atoms with Crippen LogP contribution in [0.2, 0.25) is 0 Å². The Bertz CT molecular complexity index is 1790. The fourth-order valence-corrected chi connectivity index (χ4v) is 4.32. The number of nitro groups is 1. The second-order valence-corrected chi connectivity index (χ2v) is 9.02. The zero-order valence-electron chi connectivity index (χ0n) is 19.6. The molecule has 0 aliphatic carbocycles. The number of furan rings is 1. The predicted molar refractivity (Wildman–Crippen MR) is 143 cm³/mol. The molecule has 5 rings (SSSR count). The molecule has 5 aromatic rings. The summed E-state index contributed by atoms with van der Waals surface area (Å²) in [7, 11) is 0. The SMILES string of the molecule is C[C@@H](Oc1c(Br)cc(C=Nn2c(-c3cc4ccccc4o3)nc3ccccc3c2=O)cc1[N+](=O)[O-])C(=O)O. The van der Waals surface area contributed by atoms with Crippen molar-refractivity contribution in [1.29, 1.82) is 0 Å². The summed E-state index contributed by atoms with van der Waals surface area (Å²) in [6, 6.07) is 18.5. The lowest BCUT2D eigenvalue weighted by Crippen LogP contribution is -2.23. The minimum Gasteiger partial charge on any atom is -0.479 e. The van der Waals surface area contributed by atoms with Gasteiger partial charge in [0.25, 0.3) is 5.56 Å². The van der Waals surface area contributed by atoms with Gasteiger partial charge < -0.3 is 14.3 Å². The number of hydrogen-bond donors (Lipinski definition) is 1. The molecule has 0 saturated carbocycles. The van der Waals surface area contributed by atoms with Gasteiger partial charge in [0.15, 0.2) is 11.9 Å². The summed E-state index contributed by atoms with van der Waals surface area (Å²) in [5.74, 6) is -1.07. The average molecular weight is 577 g/mol. The van der Waals surface area contributed by atoms with Gasteiger partial charge in [-0.05, 0) is 53.2 Å². The van der Waals surface area contributed by atoms with Crippen LogP contribution in [0.4, 0.5) is 5.69 Å². The lowest BCUT2D eigenvalue weighted by atomic mass is 10.2. The highest BCUT2D eigenvalue weighted by Crippen LogP contribution is 2.37. The number of hydrogen-bond acceptors (Lipinski definition) is 8. The number of aliphatic carboxylic acids is 1. The van der Waals surface area contributed by atoms with E-state index in [-0.39, 0.29) is 21.6 Å². The van der Waals surface area contributed by atoms with Gasteiger partial charge in [0.2, 0.25) is 11.6 Å². The van der Waals surface area contributed by atoms with E-state index in [1.54, 1.807) is 36.4 Å². The summed E-state index contributed by atoms with van der Waals surface area (Å²) in [6.45, 7) is 1.26. The lowest BCUT2D eigenvalue weighted by molar-refractivity contribution is -0.386. The molecule has 0 aliphatic heterocycles. The molecular formula is C26H17BrN4O7. The molecule has 190 valence electrons. The number of ether oxygens (including phenoxy) is 1.